The summed E-state index contributed by atoms with van der Waals surface area (Å²) in [6.07, 6.45) is 6.85. The second-order valence-corrected chi connectivity index (χ2v) is 10.4. The molecule has 2 saturated carbocycles. The van der Waals surface area contributed by atoms with E-state index in [1.165, 1.54) is 6.42 Å². The number of halogens is 1. The van der Waals surface area contributed by atoms with Crippen molar-refractivity contribution in [3.8, 4) is 6.07 Å². The topological polar surface area (TPSA) is 107 Å². The highest BCUT2D eigenvalue weighted by Crippen LogP contribution is 2.62. The second kappa shape index (κ2) is 9.03. The summed E-state index contributed by atoms with van der Waals surface area (Å²) in [5.41, 5.74) is 1.16. The van der Waals surface area contributed by atoms with Crippen LogP contribution < -0.4 is 16.0 Å². The molecule has 5 atom stereocenters. The van der Waals surface area contributed by atoms with Crippen molar-refractivity contribution in [2.75, 3.05) is 6.54 Å². The Morgan fingerprint density at radius 1 is 1.30 bits per heavy atom. The number of nitrogens with one attached hydrogen (secondary N) is 3. The number of nitrogens with zero attached hydrogens (tertiary/aromatic N) is 2. The van der Waals surface area contributed by atoms with Crippen LogP contribution in [0.4, 0.5) is 0 Å². The van der Waals surface area contributed by atoms with Crippen LogP contribution in [0.1, 0.15) is 45.6 Å². The maximum atomic E-state index is 12.6. The van der Waals surface area contributed by atoms with Crippen molar-refractivity contribution in [2.24, 2.45) is 16.7 Å². The lowest BCUT2D eigenvalue weighted by Gasteiger charge is -2.44. The number of hydrogen-bond acceptors (Lipinski definition) is 5. The van der Waals surface area contributed by atoms with Gasteiger partial charge in [0.15, 0.2) is 0 Å². The molecule has 2 fully saturated rings. The van der Waals surface area contributed by atoms with Crippen molar-refractivity contribution >= 4 is 27.7 Å². The van der Waals surface area contributed by atoms with Gasteiger partial charge in [-0.3, -0.25) is 19.9 Å². The summed E-state index contributed by atoms with van der Waals surface area (Å²) < 4.78 is 0. The quantitative estimate of drug-likeness (QED) is 0.499. The van der Waals surface area contributed by atoms with Crippen molar-refractivity contribution in [2.45, 2.75) is 63.5 Å². The van der Waals surface area contributed by atoms with Crippen LogP contribution in [0, 0.1) is 28.1 Å². The van der Waals surface area contributed by atoms with E-state index in [0.29, 0.717) is 12.5 Å². The lowest BCUT2D eigenvalue weighted by molar-refractivity contribution is -0.126. The van der Waals surface area contributed by atoms with E-state index in [9.17, 15) is 14.9 Å². The Morgan fingerprint density at radius 3 is 2.60 bits per heavy atom. The smallest absolute Gasteiger partial charge is 0.239 e. The summed E-state index contributed by atoms with van der Waals surface area (Å²) in [5.74, 6) is -0.0201. The van der Waals surface area contributed by atoms with Gasteiger partial charge in [-0.05, 0) is 53.7 Å². The largest absolute Gasteiger partial charge is 0.350 e. The molecule has 2 unspecified atom stereocenters. The molecular formula is C22H30BrN5O2. The number of fused-ring (bicyclic) bond motifs is 2. The number of carbonyl (C=O) groups excluding carboxylic acids is 2. The predicted molar refractivity (Wildman–Crippen MR) is 117 cm³/mol. The Balaban J connectivity index is 1.50. The third-order valence-electron chi connectivity index (χ3n) is 6.96. The molecule has 162 valence electrons. The van der Waals surface area contributed by atoms with Crippen LogP contribution in [0.2, 0.25) is 0 Å². The third-order valence-corrected chi connectivity index (χ3v) is 7.90. The van der Waals surface area contributed by atoms with Crippen LogP contribution in [0.3, 0.4) is 0 Å². The Kier molecular flexibility index (Phi) is 6.83. The van der Waals surface area contributed by atoms with Gasteiger partial charge in [0.25, 0.3) is 0 Å². The number of carbonyl (C=O) groups is 2. The minimum Gasteiger partial charge on any atom is -0.350 e. The molecular weight excluding hydrogens is 446 g/mol. The van der Waals surface area contributed by atoms with Gasteiger partial charge in [0.1, 0.15) is 10.9 Å². The van der Waals surface area contributed by atoms with E-state index in [4.69, 9.17) is 0 Å². The molecule has 2 bridgehead atoms. The zero-order chi connectivity index (χ0) is 21.9. The lowest BCUT2D eigenvalue weighted by atomic mass is 9.68. The Hall–Kier alpha value is -1.98. The molecule has 1 aromatic rings. The number of aromatic nitrogens is 1. The predicted octanol–water partition coefficient (Wildman–Crippen LogP) is 2.27. The molecule has 2 aliphatic carbocycles. The minimum absolute atomic E-state index is 0.0815. The number of rotatable bonds is 8. The molecule has 2 amide bonds. The molecule has 3 rings (SSSR count). The highest BCUT2D eigenvalue weighted by Gasteiger charge is 2.59. The molecule has 8 heteroatoms. The monoisotopic (exact) mass is 475 g/mol. The van der Waals surface area contributed by atoms with Gasteiger partial charge in [-0.1, -0.05) is 36.7 Å². The average Bonchev–Trinajstić information content (AvgIpc) is 3.21. The molecule has 3 N–H and O–H groups in total. The van der Waals surface area contributed by atoms with E-state index in [-0.39, 0.29) is 35.2 Å². The van der Waals surface area contributed by atoms with Crippen molar-refractivity contribution in [1.82, 2.24) is 20.9 Å². The van der Waals surface area contributed by atoms with E-state index >= 15 is 0 Å². The van der Waals surface area contributed by atoms with Crippen LogP contribution in [-0.2, 0) is 16.1 Å². The molecule has 1 aromatic heterocycles. The highest BCUT2D eigenvalue weighted by atomic mass is 79.9. The molecule has 1 heterocycles. The van der Waals surface area contributed by atoms with Crippen molar-refractivity contribution in [3.63, 3.8) is 0 Å². The summed E-state index contributed by atoms with van der Waals surface area (Å²) in [7, 11) is 0. The van der Waals surface area contributed by atoms with Gasteiger partial charge in [-0.15, -0.1) is 0 Å². The van der Waals surface area contributed by atoms with Crippen molar-refractivity contribution in [3.05, 3.63) is 30.1 Å². The zero-order valence-electron chi connectivity index (χ0n) is 17.7. The van der Waals surface area contributed by atoms with Crippen LogP contribution in [0.5, 0.6) is 0 Å². The Morgan fingerprint density at radius 2 is 2.00 bits per heavy atom. The first kappa shape index (κ1) is 22.7. The van der Waals surface area contributed by atoms with Crippen LogP contribution in [-0.4, -0.2) is 40.3 Å². The summed E-state index contributed by atoms with van der Waals surface area (Å²) in [6, 6.07) is 5.36. The fourth-order valence-corrected chi connectivity index (χ4v) is 5.70. The molecule has 0 aliphatic heterocycles. The van der Waals surface area contributed by atoms with Gasteiger partial charge in [0.2, 0.25) is 11.8 Å². The maximum Gasteiger partial charge on any atom is 0.239 e. The first-order valence-electron chi connectivity index (χ1n) is 10.4. The van der Waals surface area contributed by atoms with Gasteiger partial charge in [-0.25, -0.2) is 0 Å². The van der Waals surface area contributed by atoms with Gasteiger partial charge in [0, 0.05) is 25.0 Å². The summed E-state index contributed by atoms with van der Waals surface area (Å²) in [4.78, 5) is 27.8. The molecule has 7 nitrogen and oxygen atoms in total. The standard InChI is InChI=1S/C22H30BrN5O2/c1-21(2)15-4-7-22(3,10-15)20(21)28-16(11-24)18(23)19(30)27-13-17(29)26-12-14-5-8-25-9-6-14/h5-6,8-9,15-16,18,20,28H,4,7,10,12-13H2,1-3H3,(H,26,29)(H,27,30)/t15-,16?,18?,20-,22-/m0/s1. The Labute approximate surface area is 186 Å². The van der Waals surface area contributed by atoms with Crippen LogP contribution in [0.15, 0.2) is 24.5 Å². The van der Waals surface area contributed by atoms with Gasteiger partial charge in [-0.2, -0.15) is 5.26 Å². The minimum atomic E-state index is -0.742. The van der Waals surface area contributed by atoms with Gasteiger partial charge < -0.3 is 10.6 Å². The van der Waals surface area contributed by atoms with E-state index in [1.54, 1.807) is 12.4 Å². The second-order valence-electron chi connectivity index (χ2n) is 9.37. The normalized spacial score (nSPS) is 28.4. The number of amides is 2. The SMILES string of the molecule is CC1(C)[C@H]2CC[C@@](C)(C2)[C@H]1NC(C#N)C(Br)C(=O)NCC(=O)NCc1ccncc1. The van der Waals surface area contributed by atoms with E-state index in [2.05, 4.69) is 63.7 Å². The van der Waals surface area contributed by atoms with Crippen molar-refractivity contribution < 1.29 is 9.59 Å². The first-order chi connectivity index (χ1) is 14.2. The molecule has 0 aromatic carbocycles. The summed E-state index contributed by atoms with van der Waals surface area (Å²) in [5, 5.41) is 18.6. The number of hydrogen-bond donors (Lipinski definition) is 3. The number of alkyl halides is 1. The van der Waals surface area contributed by atoms with Crippen LogP contribution >= 0.6 is 15.9 Å². The summed E-state index contributed by atoms with van der Waals surface area (Å²) in [6.45, 7) is 7.02. The molecule has 2 aliphatic rings. The van der Waals surface area contributed by atoms with E-state index in [1.807, 2.05) is 12.1 Å². The van der Waals surface area contributed by atoms with E-state index in [0.717, 1.165) is 18.4 Å². The zero-order valence-corrected chi connectivity index (χ0v) is 19.3. The van der Waals surface area contributed by atoms with Gasteiger partial charge in [0.05, 0.1) is 12.6 Å². The highest BCUT2D eigenvalue weighted by molar-refractivity contribution is 9.10. The van der Waals surface area contributed by atoms with Gasteiger partial charge >= 0.3 is 0 Å². The average molecular weight is 476 g/mol. The molecule has 0 radical (unpaired) electrons. The molecule has 30 heavy (non-hydrogen) atoms. The first-order valence-corrected chi connectivity index (χ1v) is 11.3. The fourth-order valence-electron chi connectivity index (χ4n) is 5.26. The number of pyridine rings is 1. The summed E-state index contributed by atoms with van der Waals surface area (Å²) >= 11 is 3.38. The fraction of sp³-hybridized carbons (Fsp3) is 0.636. The van der Waals surface area contributed by atoms with Crippen molar-refractivity contribution in [1.29, 1.82) is 5.26 Å². The van der Waals surface area contributed by atoms with Crippen LogP contribution in [0.25, 0.3) is 0 Å². The maximum absolute atomic E-state index is 12.6. The number of nitriles is 1. The van der Waals surface area contributed by atoms with E-state index < -0.39 is 10.9 Å². The third kappa shape index (κ3) is 4.68. The Bertz CT molecular complexity index is 820. The lowest BCUT2D eigenvalue weighted by Crippen LogP contribution is -2.57. The molecule has 0 spiro atoms. The molecule has 0 saturated heterocycles.